The molecule has 0 aliphatic carbocycles. The number of alkyl halides is 3. The first-order valence-electron chi connectivity index (χ1n) is 9.93. The van der Waals surface area contributed by atoms with Gasteiger partial charge in [-0.15, -0.1) is 0 Å². The van der Waals surface area contributed by atoms with Crippen LogP contribution in [0.5, 0.6) is 0 Å². The predicted molar refractivity (Wildman–Crippen MR) is 99.9 cm³/mol. The van der Waals surface area contributed by atoms with Crippen molar-refractivity contribution in [3.05, 3.63) is 41.2 Å². The first-order valence-corrected chi connectivity index (χ1v) is 9.93. The maximum atomic E-state index is 13.9. The number of nitrogens with zero attached hydrogens (tertiary/aromatic N) is 2. The number of fused-ring (bicyclic) bond motifs is 1. The Kier molecular flexibility index (Phi) is 5.57. The minimum Gasteiger partial charge on any atom is -0.370 e. The van der Waals surface area contributed by atoms with E-state index in [1.54, 1.807) is 9.80 Å². The Hall–Kier alpha value is -2.42. The van der Waals surface area contributed by atoms with Crippen LogP contribution >= 0.6 is 0 Å². The number of piperidine rings is 1. The quantitative estimate of drug-likeness (QED) is 0.680. The fraction of sp³-hybridized carbons (Fsp3) is 0.524. The van der Waals surface area contributed by atoms with E-state index in [1.165, 1.54) is 6.08 Å². The molecule has 1 aromatic rings. The number of carbonyl (C=O) groups excluding carboxylic acids is 2. The minimum atomic E-state index is -4.64. The van der Waals surface area contributed by atoms with Crippen molar-refractivity contribution in [3.63, 3.8) is 0 Å². The molecule has 3 aliphatic heterocycles. The minimum absolute atomic E-state index is 0.0161. The van der Waals surface area contributed by atoms with Crippen molar-refractivity contribution in [2.45, 2.75) is 25.1 Å². The molecule has 3 saturated heterocycles. The fourth-order valence-electron chi connectivity index (χ4n) is 4.33. The Morgan fingerprint density at radius 3 is 2.67 bits per heavy atom. The van der Waals surface area contributed by atoms with Crippen LogP contribution in [-0.4, -0.2) is 60.5 Å². The Morgan fingerprint density at radius 2 is 1.93 bits per heavy atom. The number of ether oxygens (including phenoxy) is 1. The third kappa shape index (κ3) is 4.21. The molecule has 2 amide bonds. The molecule has 4 rings (SSSR count). The van der Waals surface area contributed by atoms with Gasteiger partial charge in [0.2, 0.25) is 0 Å². The molecule has 2 atom stereocenters. The summed E-state index contributed by atoms with van der Waals surface area (Å²) >= 11 is 0. The number of likely N-dealkylation sites (tertiary alicyclic amines) is 2. The van der Waals surface area contributed by atoms with Crippen molar-refractivity contribution >= 4 is 17.9 Å². The molecule has 3 heterocycles. The second kappa shape index (κ2) is 8.02. The van der Waals surface area contributed by atoms with Crippen molar-refractivity contribution in [3.8, 4) is 0 Å². The van der Waals surface area contributed by atoms with Crippen molar-refractivity contribution in [1.29, 1.82) is 0 Å². The van der Waals surface area contributed by atoms with E-state index in [4.69, 9.17) is 4.74 Å². The molecular formula is C21H22F4N2O3. The van der Waals surface area contributed by atoms with E-state index in [9.17, 15) is 27.2 Å². The molecule has 9 heteroatoms. The summed E-state index contributed by atoms with van der Waals surface area (Å²) in [5.41, 5.74) is -1.50. The second-order valence-corrected chi connectivity index (χ2v) is 8.09. The zero-order chi connectivity index (χ0) is 21.5. The topological polar surface area (TPSA) is 49.9 Å². The second-order valence-electron chi connectivity index (χ2n) is 8.09. The van der Waals surface area contributed by atoms with E-state index >= 15 is 0 Å². The van der Waals surface area contributed by atoms with Crippen LogP contribution < -0.4 is 0 Å². The Morgan fingerprint density at radius 1 is 1.17 bits per heavy atom. The summed E-state index contributed by atoms with van der Waals surface area (Å²) in [5, 5.41) is 0. The van der Waals surface area contributed by atoms with Crippen LogP contribution in [0.3, 0.4) is 0 Å². The molecule has 0 bridgehead atoms. The number of urea groups is 1. The Bertz CT molecular complexity index is 864. The van der Waals surface area contributed by atoms with Crippen LogP contribution in [0.15, 0.2) is 24.3 Å². The monoisotopic (exact) mass is 426 g/mol. The van der Waals surface area contributed by atoms with Gasteiger partial charge in [-0.25, -0.2) is 9.18 Å². The van der Waals surface area contributed by atoms with Gasteiger partial charge in [0.15, 0.2) is 5.78 Å². The van der Waals surface area contributed by atoms with E-state index in [-0.39, 0.29) is 36.4 Å². The van der Waals surface area contributed by atoms with Crippen LogP contribution in [0.1, 0.15) is 24.0 Å². The van der Waals surface area contributed by atoms with Gasteiger partial charge in [0.05, 0.1) is 11.7 Å². The van der Waals surface area contributed by atoms with Crippen molar-refractivity contribution < 1.29 is 31.9 Å². The van der Waals surface area contributed by atoms with Gasteiger partial charge >= 0.3 is 12.2 Å². The first kappa shape index (κ1) is 20.8. The number of Topliss-reactive ketones (excluding diaryl/α,β-unsaturated/α-hetero) is 1. The zero-order valence-corrected chi connectivity index (χ0v) is 16.2. The van der Waals surface area contributed by atoms with E-state index < -0.39 is 23.1 Å². The normalized spacial score (nSPS) is 25.4. The average Bonchev–Trinajstić information content (AvgIpc) is 2.66. The molecule has 0 spiro atoms. The summed E-state index contributed by atoms with van der Waals surface area (Å²) in [4.78, 5) is 27.6. The molecular weight excluding hydrogens is 404 g/mol. The lowest BCUT2D eigenvalue weighted by Crippen LogP contribution is -2.58. The third-order valence-electron chi connectivity index (χ3n) is 5.96. The van der Waals surface area contributed by atoms with Gasteiger partial charge in [-0.3, -0.25) is 4.79 Å². The highest BCUT2D eigenvalue weighted by Gasteiger charge is 2.40. The molecule has 30 heavy (non-hydrogen) atoms. The molecule has 0 unspecified atom stereocenters. The fourth-order valence-corrected chi connectivity index (χ4v) is 4.33. The lowest BCUT2D eigenvalue weighted by molar-refractivity contribution is -0.140. The van der Waals surface area contributed by atoms with Gasteiger partial charge in [0.1, 0.15) is 12.4 Å². The highest BCUT2D eigenvalue weighted by molar-refractivity contribution is 5.81. The van der Waals surface area contributed by atoms with E-state index in [0.29, 0.717) is 39.0 Å². The number of ketones is 1. The van der Waals surface area contributed by atoms with Gasteiger partial charge in [-0.1, -0.05) is 18.2 Å². The van der Waals surface area contributed by atoms with Crippen molar-refractivity contribution in [2.24, 2.45) is 11.8 Å². The molecule has 3 aliphatic rings. The largest absolute Gasteiger partial charge is 0.417 e. The maximum absolute atomic E-state index is 13.9. The summed E-state index contributed by atoms with van der Waals surface area (Å²) in [7, 11) is 0. The zero-order valence-electron chi connectivity index (χ0n) is 16.2. The first-order chi connectivity index (χ1) is 14.2. The number of halogens is 4. The van der Waals surface area contributed by atoms with Crippen LogP contribution in [0, 0.1) is 17.7 Å². The maximum Gasteiger partial charge on any atom is 0.417 e. The summed E-state index contributed by atoms with van der Waals surface area (Å²) in [6, 6.07) is 2.74. The molecule has 0 N–H and O–H groups in total. The summed E-state index contributed by atoms with van der Waals surface area (Å²) in [6.45, 7) is 1.90. The highest BCUT2D eigenvalue weighted by Crippen LogP contribution is 2.34. The molecule has 0 aromatic heterocycles. The lowest BCUT2D eigenvalue weighted by atomic mass is 9.88. The third-order valence-corrected chi connectivity index (χ3v) is 5.96. The Labute approximate surface area is 171 Å². The molecule has 0 radical (unpaired) electrons. The lowest BCUT2D eigenvalue weighted by Gasteiger charge is -2.45. The van der Waals surface area contributed by atoms with E-state index in [0.717, 1.165) is 24.3 Å². The van der Waals surface area contributed by atoms with Gasteiger partial charge in [-0.05, 0) is 18.6 Å². The Balaban J connectivity index is 1.34. The number of amides is 2. The van der Waals surface area contributed by atoms with Crippen LogP contribution in [0.2, 0.25) is 0 Å². The van der Waals surface area contributed by atoms with Crippen LogP contribution in [0.4, 0.5) is 22.4 Å². The van der Waals surface area contributed by atoms with E-state index in [2.05, 4.69) is 0 Å². The van der Waals surface area contributed by atoms with Gasteiger partial charge in [0.25, 0.3) is 0 Å². The summed E-state index contributed by atoms with van der Waals surface area (Å²) in [5.74, 6) is -0.999. The summed E-state index contributed by atoms with van der Waals surface area (Å²) in [6.07, 6.45) is -0.835. The van der Waals surface area contributed by atoms with Crippen molar-refractivity contribution in [1.82, 2.24) is 9.80 Å². The SMILES string of the molecule is O=C1CO[C@H]2CCN(C(=O)N3CC(/C=C/c4c(F)cccc4C(F)(F)F)C3)C[C@H]2C1. The van der Waals surface area contributed by atoms with E-state index in [1.807, 2.05) is 0 Å². The molecule has 1 aromatic carbocycles. The molecule has 162 valence electrons. The molecule has 0 saturated carbocycles. The average molecular weight is 426 g/mol. The number of benzene rings is 1. The van der Waals surface area contributed by atoms with Gasteiger partial charge in [-0.2, -0.15) is 13.2 Å². The van der Waals surface area contributed by atoms with Gasteiger partial charge in [0, 0.05) is 50.0 Å². The van der Waals surface area contributed by atoms with Gasteiger partial charge < -0.3 is 14.5 Å². The number of rotatable bonds is 2. The molecule has 3 fully saturated rings. The van der Waals surface area contributed by atoms with Crippen molar-refractivity contribution in [2.75, 3.05) is 32.8 Å². The standard InChI is InChI=1S/C21H22F4N2O3/c22-18-3-1-2-17(21(23,24)25)16(18)5-4-13-9-27(10-13)20(29)26-7-6-19-14(11-26)8-15(28)12-30-19/h1-5,13-14,19H,6-12H2/b5-4+/t14-,19+/m1/s1. The number of hydrogen-bond acceptors (Lipinski definition) is 3. The number of carbonyl (C=O) groups is 2. The van der Waals surface area contributed by atoms with Crippen LogP contribution in [0.25, 0.3) is 6.08 Å². The predicted octanol–water partition coefficient (Wildman–Crippen LogP) is 3.59. The highest BCUT2D eigenvalue weighted by atomic mass is 19.4. The van der Waals surface area contributed by atoms with Crippen LogP contribution in [-0.2, 0) is 15.7 Å². The summed E-state index contributed by atoms with van der Waals surface area (Å²) < 4.78 is 58.7. The molecule has 5 nitrogen and oxygen atoms in total. The number of hydrogen-bond donors (Lipinski definition) is 0. The smallest absolute Gasteiger partial charge is 0.370 e.